The van der Waals surface area contributed by atoms with Crippen molar-refractivity contribution in [2.24, 2.45) is 0 Å². The van der Waals surface area contributed by atoms with Crippen molar-refractivity contribution in [3.63, 3.8) is 0 Å². The maximum Gasteiger partial charge on any atom is 0.306 e. The first-order valence-electron chi connectivity index (χ1n) is 5.29. The van der Waals surface area contributed by atoms with Crippen molar-refractivity contribution >= 4 is 5.97 Å². The summed E-state index contributed by atoms with van der Waals surface area (Å²) in [6.07, 6.45) is 4.32. The Morgan fingerprint density at radius 3 is 2.23 bits per heavy atom. The van der Waals surface area contributed by atoms with Crippen LogP contribution in [0.4, 0.5) is 0 Å². The van der Waals surface area contributed by atoms with E-state index in [1.54, 1.807) is 0 Å². The highest BCUT2D eigenvalue weighted by molar-refractivity contribution is 5.69. The average molecular weight is 186 g/mol. The zero-order chi connectivity index (χ0) is 10.3. The number of hydrogen-bond acceptors (Lipinski definition) is 2. The predicted octanol–water partition coefficient (Wildman–Crippen LogP) is 3.30. The maximum absolute atomic E-state index is 11.3. The van der Waals surface area contributed by atoms with Gasteiger partial charge < -0.3 is 4.74 Å². The zero-order valence-electron chi connectivity index (χ0n) is 9.35. The fourth-order valence-corrected chi connectivity index (χ4v) is 1.36. The van der Waals surface area contributed by atoms with Crippen LogP contribution < -0.4 is 0 Å². The van der Waals surface area contributed by atoms with Crippen molar-refractivity contribution in [2.45, 2.75) is 65.4 Å². The van der Waals surface area contributed by atoms with Crippen LogP contribution in [0.5, 0.6) is 0 Å². The molecule has 0 heterocycles. The highest BCUT2D eigenvalue weighted by Gasteiger charge is 2.24. The van der Waals surface area contributed by atoms with Gasteiger partial charge in [0.2, 0.25) is 0 Å². The van der Waals surface area contributed by atoms with E-state index >= 15 is 0 Å². The van der Waals surface area contributed by atoms with Crippen LogP contribution >= 0.6 is 0 Å². The number of esters is 1. The Kier molecular flexibility index (Phi) is 5.76. The fraction of sp³-hybridized carbons (Fsp3) is 0.909. The molecule has 0 saturated heterocycles. The van der Waals surface area contributed by atoms with Crippen LogP contribution in [-0.4, -0.2) is 11.6 Å². The largest absolute Gasteiger partial charge is 0.459 e. The van der Waals surface area contributed by atoms with Crippen LogP contribution in [-0.2, 0) is 9.53 Å². The summed E-state index contributed by atoms with van der Waals surface area (Å²) in [7, 11) is 0. The fourth-order valence-electron chi connectivity index (χ4n) is 1.36. The normalized spacial score (nSPS) is 15.1. The molecule has 0 bridgehead atoms. The second-order valence-corrected chi connectivity index (χ2v) is 3.78. The standard InChI is InChI=1S/C11H22O2/c1-5-8-10(12)13-11(4,7-3)9-6-2/h5-9H2,1-4H3. The monoisotopic (exact) mass is 186 g/mol. The molecule has 0 aliphatic rings. The SMILES string of the molecule is CCCC(=O)OC(C)(CC)CCC. The number of rotatable bonds is 6. The summed E-state index contributed by atoms with van der Waals surface area (Å²) in [6.45, 7) is 8.19. The number of carbonyl (C=O) groups excluding carboxylic acids is 1. The minimum Gasteiger partial charge on any atom is -0.459 e. The van der Waals surface area contributed by atoms with E-state index < -0.39 is 0 Å². The molecule has 78 valence electrons. The lowest BCUT2D eigenvalue weighted by molar-refractivity contribution is -0.159. The van der Waals surface area contributed by atoms with Crippen molar-refractivity contribution in [2.75, 3.05) is 0 Å². The van der Waals surface area contributed by atoms with Gasteiger partial charge in [0.1, 0.15) is 5.60 Å². The van der Waals surface area contributed by atoms with Crippen molar-refractivity contribution < 1.29 is 9.53 Å². The molecule has 0 fully saturated rings. The summed E-state index contributed by atoms with van der Waals surface area (Å²) < 4.78 is 5.43. The Morgan fingerprint density at radius 1 is 1.23 bits per heavy atom. The van der Waals surface area contributed by atoms with Gasteiger partial charge in [-0.3, -0.25) is 4.79 Å². The molecule has 0 saturated carbocycles. The summed E-state index contributed by atoms with van der Waals surface area (Å²) in [4.78, 5) is 11.3. The average Bonchev–Trinajstić information content (AvgIpc) is 2.05. The molecular formula is C11H22O2. The van der Waals surface area contributed by atoms with E-state index in [0.29, 0.717) is 6.42 Å². The highest BCUT2D eigenvalue weighted by Crippen LogP contribution is 2.22. The summed E-state index contributed by atoms with van der Waals surface area (Å²) in [6, 6.07) is 0. The van der Waals surface area contributed by atoms with Crippen LogP contribution in [0.25, 0.3) is 0 Å². The molecule has 0 rings (SSSR count). The number of carbonyl (C=O) groups is 1. The minimum absolute atomic E-state index is 0.0553. The highest BCUT2D eigenvalue weighted by atomic mass is 16.6. The molecule has 0 aliphatic carbocycles. The van der Waals surface area contributed by atoms with Gasteiger partial charge in [-0.15, -0.1) is 0 Å². The first-order chi connectivity index (χ1) is 6.08. The van der Waals surface area contributed by atoms with E-state index in [1.807, 2.05) is 13.8 Å². The second-order valence-electron chi connectivity index (χ2n) is 3.78. The Hall–Kier alpha value is -0.530. The van der Waals surface area contributed by atoms with Gasteiger partial charge in [-0.1, -0.05) is 27.2 Å². The molecule has 1 atom stereocenters. The number of ether oxygens (including phenoxy) is 1. The third-order valence-electron chi connectivity index (χ3n) is 2.34. The molecule has 2 heteroatoms. The van der Waals surface area contributed by atoms with Gasteiger partial charge in [-0.25, -0.2) is 0 Å². The topological polar surface area (TPSA) is 26.3 Å². The first-order valence-corrected chi connectivity index (χ1v) is 5.29. The molecule has 0 aromatic rings. The molecule has 2 nitrogen and oxygen atoms in total. The molecule has 0 N–H and O–H groups in total. The van der Waals surface area contributed by atoms with Crippen molar-refractivity contribution in [3.8, 4) is 0 Å². The quantitative estimate of drug-likeness (QED) is 0.595. The predicted molar refractivity (Wildman–Crippen MR) is 54.6 cm³/mol. The molecule has 0 amide bonds. The Bertz CT molecular complexity index is 154. The lowest BCUT2D eigenvalue weighted by Crippen LogP contribution is -2.30. The Labute approximate surface area is 81.7 Å². The van der Waals surface area contributed by atoms with Crippen LogP contribution in [0.15, 0.2) is 0 Å². The molecular weight excluding hydrogens is 164 g/mol. The van der Waals surface area contributed by atoms with Crippen LogP contribution in [0.2, 0.25) is 0 Å². The van der Waals surface area contributed by atoms with Crippen molar-refractivity contribution in [1.29, 1.82) is 0 Å². The van der Waals surface area contributed by atoms with E-state index in [1.165, 1.54) is 0 Å². The van der Waals surface area contributed by atoms with Gasteiger partial charge in [0, 0.05) is 6.42 Å². The molecule has 0 radical (unpaired) electrons. The van der Waals surface area contributed by atoms with E-state index in [9.17, 15) is 4.79 Å². The van der Waals surface area contributed by atoms with Gasteiger partial charge in [0.05, 0.1) is 0 Å². The molecule has 1 unspecified atom stereocenters. The molecule has 0 aromatic carbocycles. The lowest BCUT2D eigenvalue weighted by Gasteiger charge is -2.27. The van der Waals surface area contributed by atoms with Crippen molar-refractivity contribution in [3.05, 3.63) is 0 Å². The molecule has 13 heavy (non-hydrogen) atoms. The Balaban J connectivity index is 4.02. The summed E-state index contributed by atoms with van der Waals surface area (Å²) >= 11 is 0. The van der Waals surface area contributed by atoms with E-state index in [4.69, 9.17) is 4.74 Å². The summed E-state index contributed by atoms with van der Waals surface area (Å²) in [5.41, 5.74) is -0.235. The summed E-state index contributed by atoms with van der Waals surface area (Å²) in [5.74, 6) is -0.0553. The summed E-state index contributed by atoms with van der Waals surface area (Å²) in [5, 5.41) is 0. The van der Waals surface area contributed by atoms with Gasteiger partial charge in [0.25, 0.3) is 0 Å². The zero-order valence-corrected chi connectivity index (χ0v) is 9.35. The van der Waals surface area contributed by atoms with Crippen LogP contribution in [0.3, 0.4) is 0 Å². The van der Waals surface area contributed by atoms with E-state index in [0.717, 1.165) is 25.7 Å². The van der Waals surface area contributed by atoms with Crippen LogP contribution in [0, 0.1) is 0 Å². The maximum atomic E-state index is 11.3. The lowest BCUT2D eigenvalue weighted by atomic mass is 9.97. The third-order valence-corrected chi connectivity index (χ3v) is 2.34. The van der Waals surface area contributed by atoms with Crippen LogP contribution in [0.1, 0.15) is 59.8 Å². The minimum atomic E-state index is -0.235. The van der Waals surface area contributed by atoms with E-state index in [-0.39, 0.29) is 11.6 Å². The van der Waals surface area contributed by atoms with Gasteiger partial charge >= 0.3 is 5.97 Å². The Morgan fingerprint density at radius 2 is 1.85 bits per heavy atom. The first kappa shape index (κ1) is 12.5. The molecule has 0 spiro atoms. The van der Waals surface area contributed by atoms with Crippen molar-refractivity contribution in [1.82, 2.24) is 0 Å². The smallest absolute Gasteiger partial charge is 0.306 e. The number of hydrogen-bond donors (Lipinski definition) is 0. The second kappa shape index (κ2) is 6.01. The van der Waals surface area contributed by atoms with Gasteiger partial charge in [-0.05, 0) is 26.2 Å². The molecule has 0 aliphatic heterocycles. The third kappa shape index (κ3) is 4.91. The van der Waals surface area contributed by atoms with Gasteiger partial charge in [-0.2, -0.15) is 0 Å². The molecule has 0 aromatic heterocycles. The van der Waals surface area contributed by atoms with Gasteiger partial charge in [0.15, 0.2) is 0 Å². The van der Waals surface area contributed by atoms with E-state index in [2.05, 4.69) is 13.8 Å².